The summed E-state index contributed by atoms with van der Waals surface area (Å²) in [5.74, 6) is -0.0366. The van der Waals surface area contributed by atoms with Gasteiger partial charge in [-0.05, 0) is 13.3 Å². The minimum Gasteiger partial charge on any atom is -0.480 e. The Morgan fingerprint density at radius 3 is 2.80 bits per heavy atom. The minimum atomic E-state index is -0.843. The van der Waals surface area contributed by atoms with Crippen molar-refractivity contribution in [1.29, 1.82) is 0 Å². The molecule has 1 heterocycles. The molecule has 0 atom stereocenters. The van der Waals surface area contributed by atoms with Crippen LogP contribution in [0.25, 0.3) is 0 Å². The lowest BCUT2D eigenvalue weighted by Gasteiger charge is -2.15. The molecule has 6 heteroatoms. The summed E-state index contributed by atoms with van der Waals surface area (Å²) in [6, 6.07) is 0. The molecular weight excluding hydrogens is 214 g/mol. The van der Waals surface area contributed by atoms with Crippen molar-refractivity contribution < 1.29 is 9.90 Å². The zero-order valence-corrected chi connectivity index (χ0v) is 9.75. The van der Waals surface area contributed by atoms with Gasteiger partial charge >= 0.3 is 5.97 Å². The Balaban J connectivity index is 2.69. The van der Waals surface area contributed by atoms with E-state index in [2.05, 4.69) is 16.3 Å². The van der Waals surface area contributed by atoms with Gasteiger partial charge in [-0.2, -0.15) is 4.37 Å². The van der Waals surface area contributed by atoms with Crippen molar-refractivity contribution in [2.45, 2.75) is 26.7 Å². The predicted molar refractivity (Wildman–Crippen MR) is 59.4 cm³/mol. The Hall–Kier alpha value is -1.17. The van der Waals surface area contributed by atoms with Crippen LogP contribution in [0, 0.1) is 0 Å². The molecule has 15 heavy (non-hydrogen) atoms. The molecule has 0 spiro atoms. The normalized spacial score (nSPS) is 10.3. The average Bonchev–Trinajstić information content (AvgIpc) is 2.63. The van der Waals surface area contributed by atoms with E-state index in [1.165, 1.54) is 11.5 Å². The lowest BCUT2D eigenvalue weighted by molar-refractivity contribution is -0.135. The van der Waals surface area contributed by atoms with E-state index >= 15 is 0 Å². The summed E-state index contributed by atoms with van der Waals surface area (Å²) in [5, 5.41) is 9.40. The van der Waals surface area contributed by atoms with Crippen molar-refractivity contribution in [2.24, 2.45) is 0 Å². The summed E-state index contributed by atoms with van der Waals surface area (Å²) < 4.78 is 4.18. The van der Waals surface area contributed by atoms with Crippen LogP contribution in [0.1, 0.15) is 26.1 Å². The molecule has 84 valence electrons. The third-order valence-corrected chi connectivity index (χ3v) is 2.72. The molecule has 1 aromatic heterocycles. The number of carboxylic acids is 1. The summed E-state index contributed by atoms with van der Waals surface area (Å²) in [5.41, 5.74) is 0. The maximum Gasteiger partial charge on any atom is 0.323 e. The molecule has 5 nitrogen and oxygen atoms in total. The lowest BCUT2D eigenvalue weighted by Crippen LogP contribution is -2.29. The number of likely N-dealkylation sites (N-methyl/N-ethyl adjacent to an activating group) is 1. The van der Waals surface area contributed by atoms with Crippen molar-refractivity contribution in [3.63, 3.8) is 0 Å². The highest BCUT2D eigenvalue weighted by molar-refractivity contribution is 7.09. The zero-order chi connectivity index (χ0) is 11.3. The molecule has 1 rings (SSSR count). The smallest absolute Gasteiger partial charge is 0.323 e. The van der Waals surface area contributed by atoms with E-state index in [1.54, 1.807) is 4.90 Å². The second kappa shape index (κ2) is 5.65. The number of rotatable bonds is 6. The molecule has 0 saturated carbocycles. The molecule has 0 aliphatic rings. The molecule has 0 aromatic carbocycles. The molecule has 0 aliphatic carbocycles. The van der Waals surface area contributed by atoms with Crippen LogP contribution in [0.15, 0.2) is 0 Å². The van der Waals surface area contributed by atoms with Crippen LogP contribution >= 0.6 is 11.5 Å². The van der Waals surface area contributed by atoms with E-state index in [9.17, 15) is 4.79 Å². The third kappa shape index (κ3) is 3.47. The van der Waals surface area contributed by atoms with E-state index in [0.29, 0.717) is 11.7 Å². The first kappa shape index (κ1) is 11.9. The van der Waals surface area contributed by atoms with E-state index in [-0.39, 0.29) is 6.54 Å². The topological polar surface area (TPSA) is 66.3 Å². The fourth-order valence-electron chi connectivity index (χ4n) is 1.18. The maximum atomic E-state index is 10.6. The van der Waals surface area contributed by atoms with Gasteiger partial charge in [0.15, 0.2) is 0 Å². The second-order valence-corrected chi connectivity index (χ2v) is 3.88. The van der Waals surface area contributed by atoms with Gasteiger partial charge in [0.1, 0.15) is 12.4 Å². The number of aliphatic carboxylic acids is 1. The highest BCUT2D eigenvalue weighted by Gasteiger charge is 2.13. The van der Waals surface area contributed by atoms with Gasteiger partial charge in [0.25, 0.3) is 0 Å². The van der Waals surface area contributed by atoms with Crippen LogP contribution in [0.2, 0.25) is 0 Å². The Labute approximate surface area is 92.9 Å². The van der Waals surface area contributed by atoms with Crippen molar-refractivity contribution in [3.05, 3.63) is 5.82 Å². The molecule has 0 saturated heterocycles. The van der Waals surface area contributed by atoms with Crippen LogP contribution in [-0.2, 0) is 11.2 Å². The van der Waals surface area contributed by atoms with E-state index in [1.807, 2.05) is 6.92 Å². The highest BCUT2D eigenvalue weighted by atomic mass is 32.1. The van der Waals surface area contributed by atoms with Gasteiger partial charge in [0.05, 0.1) is 0 Å². The Morgan fingerprint density at radius 2 is 2.27 bits per heavy atom. The number of anilines is 1. The summed E-state index contributed by atoms with van der Waals surface area (Å²) >= 11 is 1.27. The lowest BCUT2D eigenvalue weighted by atomic mass is 10.3. The number of aryl methyl sites for hydroxylation is 1. The third-order valence-electron chi connectivity index (χ3n) is 1.91. The molecule has 0 fully saturated rings. The molecule has 0 amide bonds. The Kier molecular flexibility index (Phi) is 4.48. The summed E-state index contributed by atoms with van der Waals surface area (Å²) in [4.78, 5) is 16.6. The zero-order valence-electron chi connectivity index (χ0n) is 8.93. The molecule has 1 N–H and O–H groups in total. The van der Waals surface area contributed by atoms with Gasteiger partial charge in [-0.15, -0.1) is 0 Å². The van der Waals surface area contributed by atoms with Gasteiger partial charge in [0.2, 0.25) is 5.13 Å². The van der Waals surface area contributed by atoms with Crippen molar-refractivity contribution in [1.82, 2.24) is 9.36 Å². The standard InChI is InChI=1S/C9H15N3O2S/c1-3-5-7-10-9(15-11-7)12(4-2)6-8(13)14/h3-6H2,1-2H3,(H,13,14). The minimum absolute atomic E-state index is 0.0166. The number of hydrogen-bond acceptors (Lipinski definition) is 5. The largest absolute Gasteiger partial charge is 0.480 e. The molecule has 0 unspecified atom stereocenters. The number of carboxylic acid groups (broad SMARTS) is 1. The van der Waals surface area contributed by atoms with Gasteiger partial charge in [-0.3, -0.25) is 4.79 Å². The average molecular weight is 229 g/mol. The fourth-order valence-corrected chi connectivity index (χ4v) is 1.95. The summed E-state index contributed by atoms with van der Waals surface area (Å²) in [6.07, 6.45) is 1.85. The van der Waals surface area contributed by atoms with Gasteiger partial charge in [0, 0.05) is 24.5 Å². The quantitative estimate of drug-likeness (QED) is 0.798. The number of carbonyl (C=O) groups is 1. The maximum absolute atomic E-state index is 10.6. The van der Waals surface area contributed by atoms with Crippen molar-refractivity contribution in [2.75, 3.05) is 18.0 Å². The van der Waals surface area contributed by atoms with Crippen LogP contribution in [0.4, 0.5) is 5.13 Å². The number of nitrogens with zero attached hydrogens (tertiary/aromatic N) is 3. The fraction of sp³-hybridized carbons (Fsp3) is 0.667. The van der Waals surface area contributed by atoms with Crippen LogP contribution < -0.4 is 4.90 Å². The first-order chi connectivity index (χ1) is 7.17. The summed E-state index contributed by atoms with van der Waals surface area (Å²) in [6.45, 7) is 4.59. The van der Waals surface area contributed by atoms with E-state index < -0.39 is 5.97 Å². The van der Waals surface area contributed by atoms with E-state index in [0.717, 1.165) is 18.7 Å². The van der Waals surface area contributed by atoms with Crippen LogP contribution in [-0.4, -0.2) is 33.5 Å². The first-order valence-electron chi connectivity index (χ1n) is 4.96. The molecule has 0 aliphatic heterocycles. The van der Waals surface area contributed by atoms with Crippen molar-refractivity contribution in [3.8, 4) is 0 Å². The first-order valence-corrected chi connectivity index (χ1v) is 5.74. The van der Waals surface area contributed by atoms with Gasteiger partial charge in [-0.1, -0.05) is 6.92 Å². The molecule has 0 bridgehead atoms. The van der Waals surface area contributed by atoms with Crippen LogP contribution in [0.5, 0.6) is 0 Å². The highest BCUT2D eigenvalue weighted by Crippen LogP contribution is 2.17. The summed E-state index contributed by atoms with van der Waals surface area (Å²) in [7, 11) is 0. The van der Waals surface area contributed by atoms with Crippen LogP contribution in [0.3, 0.4) is 0 Å². The van der Waals surface area contributed by atoms with Gasteiger partial charge in [-0.25, -0.2) is 4.98 Å². The molecule has 0 radical (unpaired) electrons. The predicted octanol–water partition coefficient (Wildman–Crippen LogP) is 1.40. The SMILES string of the molecule is CCCc1nsc(N(CC)CC(=O)O)n1. The monoisotopic (exact) mass is 229 g/mol. The number of aromatic nitrogens is 2. The molecule has 1 aromatic rings. The van der Waals surface area contributed by atoms with E-state index in [4.69, 9.17) is 5.11 Å². The van der Waals surface area contributed by atoms with Gasteiger partial charge < -0.3 is 10.0 Å². The number of hydrogen-bond donors (Lipinski definition) is 1. The molecular formula is C9H15N3O2S. The Bertz CT molecular complexity index is 327. The van der Waals surface area contributed by atoms with Crippen molar-refractivity contribution >= 4 is 22.6 Å². The second-order valence-electron chi connectivity index (χ2n) is 3.15. The Morgan fingerprint density at radius 1 is 1.53 bits per heavy atom.